The second kappa shape index (κ2) is 12.9. The maximum atomic E-state index is 10.4. The number of hydrogen-bond acceptors (Lipinski definition) is 5. The van der Waals surface area contributed by atoms with Gasteiger partial charge in [-0.15, -0.1) is 11.8 Å². The fourth-order valence-corrected chi connectivity index (χ4v) is 3.82. The number of phenols is 2. The van der Waals surface area contributed by atoms with Gasteiger partial charge in [-0.3, -0.25) is 4.79 Å². The summed E-state index contributed by atoms with van der Waals surface area (Å²) in [5.41, 5.74) is 6.59. The van der Waals surface area contributed by atoms with Gasteiger partial charge in [0, 0.05) is 11.3 Å². The first-order chi connectivity index (χ1) is 12.0. The van der Waals surface area contributed by atoms with Crippen molar-refractivity contribution in [3.63, 3.8) is 0 Å². The molecule has 0 bridgehead atoms. The molecule has 142 valence electrons. The SMILES string of the molecule is NCCc1cc(O)c(O)cc1SCCCCCCCCCCC(=O)O. The van der Waals surface area contributed by atoms with E-state index in [0.717, 1.165) is 41.9 Å². The summed E-state index contributed by atoms with van der Waals surface area (Å²) >= 11 is 1.71. The molecule has 0 aliphatic rings. The van der Waals surface area contributed by atoms with Gasteiger partial charge in [0.1, 0.15) is 0 Å². The van der Waals surface area contributed by atoms with Crippen molar-refractivity contribution >= 4 is 17.7 Å². The van der Waals surface area contributed by atoms with Gasteiger partial charge in [0.25, 0.3) is 0 Å². The second-order valence-corrected chi connectivity index (χ2v) is 7.44. The zero-order valence-electron chi connectivity index (χ0n) is 14.9. The summed E-state index contributed by atoms with van der Waals surface area (Å²) in [5, 5.41) is 27.8. The average molecular weight is 370 g/mol. The predicted molar refractivity (Wildman–Crippen MR) is 102 cm³/mol. The van der Waals surface area contributed by atoms with Crippen molar-refractivity contribution in [3.05, 3.63) is 17.7 Å². The molecule has 0 heterocycles. The zero-order valence-corrected chi connectivity index (χ0v) is 15.7. The Labute approximate surface area is 154 Å². The Hall–Kier alpha value is -1.40. The minimum atomic E-state index is -0.700. The number of aliphatic carboxylic acids is 1. The van der Waals surface area contributed by atoms with Gasteiger partial charge >= 0.3 is 5.97 Å². The summed E-state index contributed by atoms with van der Waals surface area (Å²) in [6, 6.07) is 3.23. The summed E-state index contributed by atoms with van der Waals surface area (Å²) in [6.45, 7) is 0.518. The molecule has 0 atom stereocenters. The van der Waals surface area contributed by atoms with Crippen LogP contribution in [-0.2, 0) is 11.2 Å². The van der Waals surface area contributed by atoms with Crippen LogP contribution in [0.1, 0.15) is 63.4 Å². The number of benzene rings is 1. The lowest BCUT2D eigenvalue weighted by molar-refractivity contribution is -0.137. The molecule has 0 radical (unpaired) electrons. The summed E-state index contributed by atoms with van der Waals surface area (Å²) < 4.78 is 0. The molecule has 0 aliphatic carbocycles. The van der Waals surface area contributed by atoms with Crippen molar-refractivity contribution in [1.82, 2.24) is 0 Å². The molecule has 1 rings (SSSR count). The van der Waals surface area contributed by atoms with E-state index in [1.807, 2.05) is 0 Å². The molecular formula is C19H31NO4S. The Balaban J connectivity index is 2.12. The summed E-state index contributed by atoms with van der Waals surface area (Å²) in [5.74, 6) is 0.122. The zero-order chi connectivity index (χ0) is 18.5. The number of aromatic hydroxyl groups is 2. The first-order valence-corrected chi connectivity index (χ1v) is 10.1. The van der Waals surface area contributed by atoms with Crippen LogP contribution in [0.4, 0.5) is 0 Å². The van der Waals surface area contributed by atoms with Gasteiger partial charge in [-0.1, -0.05) is 38.5 Å². The van der Waals surface area contributed by atoms with Gasteiger partial charge < -0.3 is 21.1 Å². The maximum Gasteiger partial charge on any atom is 0.303 e. The summed E-state index contributed by atoms with van der Waals surface area (Å²) in [6.07, 6.45) is 9.79. The molecule has 1 aromatic carbocycles. The van der Waals surface area contributed by atoms with Crippen molar-refractivity contribution in [3.8, 4) is 11.5 Å². The summed E-state index contributed by atoms with van der Waals surface area (Å²) in [7, 11) is 0. The van der Waals surface area contributed by atoms with E-state index in [9.17, 15) is 15.0 Å². The molecule has 5 nitrogen and oxygen atoms in total. The lowest BCUT2D eigenvalue weighted by atomic mass is 10.1. The van der Waals surface area contributed by atoms with E-state index in [2.05, 4.69) is 0 Å². The molecule has 0 amide bonds. The number of carbonyl (C=O) groups is 1. The number of phenolic OH excluding ortho intramolecular Hbond substituents is 2. The Bertz CT molecular complexity index is 522. The molecule has 0 saturated carbocycles. The third-order valence-electron chi connectivity index (χ3n) is 4.11. The van der Waals surface area contributed by atoms with Crippen molar-refractivity contribution in [2.75, 3.05) is 12.3 Å². The molecule has 6 heteroatoms. The van der Waals surface area contributed by atoms with Gasteiger partial charge in [0.05, 0.1) is 0 Å². The normalized spacial score (nSPS) is 10.9. The quantitative estimate of drug-likeness (QED) is 0.222. The van der Waals surface area contributed by atoms with Crippen LogP contribution in [0.3, 0.4) is 0 Å². The van der Waals surface area contributed by atoms with Crippen LogP contribution in [0.2, 0.25) is 0 Å². The van der Waals surface area contributed by atoms with E-state index >= 15 is 0 Å². The van der Waals surface area contributed by atoms with Crippen molar-refractivity contribution in [1.29, 1.82) is 0 Å². The fourth-order valence-electron chi connectivity index (χ4n) is 2.71. The van der Waals surface area contributed by atoms with Crippen LogP contribution in [0.5, 0.6) is 11.5 Å². The van der Waals surface area contributed by atoms with Crippen molar-refractivity contribution in [2.24, 2.45) is 5.73 Å². The predicted octanol–water partition coefficient (Wildman–Crippen LogP) is 4.29. The van der Waals surface area contributed by atoms with Gasteiger partial charge in [-0.05, 0) is 49.3 Å². The van der Waals surface area contributed by atoms with Crippen molar-refractivity contribution < 1.29 is 20.1 Å². The third kappa shape index (κ3) is 9.60. The molecule has 0 unspecified atom stereocenters. The number of nitrogens with two attached hydrogens (primary N) is 1. The molecule has 0 aromatic heterocycles. The Morgan fingerprint density at radius 3 is 2.08 bits per heavy atom. The minimum absolute atomic E-state index is 0.0776. The smallest absolute Gasteiger partial charge is 0.303 e. The molecule has 0 saturated heterocycles. The number of carboxylic acids is 1. The van der Waals surface area contributed by atoms with Gasteiger partial charge in [0.15, 0.2) is 11.5 Å². The highest BCUT2D eigenvalue weighted by Gasteiger charge is 2.08. The highest BCUT2D eigenvalue weighted by atomic mass is 32.2. The Kier molecular flexibility index (Phi) is 11.2. The van der Waals surface area contributed by atoms with Crippen LogP contribution < -0.4 is 5.73 Å². The summed E-state index contributed by atoms with van der Waals surface area (Å²) in [4.78, 5) is 11.4. The third-order valence-corrected chi connectivity index (χ3v) is 5.30. The van der Waals surface area contributed by atoms with E-state index in [-0.39, 0.29) is 17.9 Å². The molecule has 5 N–H and O–H groups in total. The van der Waals surface area contributed by atoms with E-state index in [0.29, 0.717) is 13.0 Å². The number of hydrogen-bond donors (Lipinski definition) is 4. The van der Waals surface area contributed by atoms with Crippen LogP contribution in [0.25, 0.3) is 0 Å². The molecule has 25 heavy (non-hydrogen) atoms. The highest BCUT2D eigenvalue weighted by molar-refractivity contribution is 7.99. The van der Waals surface area contributed by atoms with E-state index in [4.69, 9.17) is 10.8 Å². The number of unbranched alkanes of at least 4 members (excludes halogenated alkanes) is 7. The van der Waals surface area contributed by atoms with Gasteiger partial charge in [-0.25, -0.2) is 0 Å². The minimum Gasteiger partial charge on any atom is -0.504 e. The first kappa shape index (κ1) is 21.6. The van der Waals surface area contributed by atoms with Gasteiger partial charge in [-0.2, -0.15) is 0 Å². The van der Waals surface area contributed by atoms with Gasteiger partial charge in [0.2, 0.25) is 0 Å². The monoisotopic (exact) mass is 369 g/mol. The standard InChI is InChI=1S/C19H31NO4S/c20-11-10-15-13-16(21)17(22)14-18(15)25-12-8-6-4-2-1-3-5-7-9-19(23)24/h13-14,21-22H,1-12,20H2,(H,23,24). The molecular weight excluding hydrogens is 338 g/mol. The lowest BCUT2D eigenvalue weighted by Gasteiger charge is -2.10. The number of thioether (sulfide) groups is 1. The second-order valence-electron chi connectivity index (χ2n) is 6.31. The molecule has 0 spiro atoms. The van der Waals surface area contributed by atoms with E-state index in [1.54, 1.807) is 23.9 Å². The molecule has 0 aliphatic heterocycles. The van der Waals surface area contributed by atoms with Crippen LogP contribution in [-0.4, -0.2) is 33.6 Å². The lowest BCUT2D eigenvalue weighted by Crippen LogP contribution is -2.03. The highest BCUT2D eigenvalue weighted by Crippen LogP contribution is 2.34. The fraction of sp³-hybridized carbons (Fsp3) is 0.632. The molecule has 1 aromatic rings. The molecule has 0 fully saturated rings. The number of carboxylic acid groups (broad SMARTS) is 1. The Morgan fingerprint density at radius 2 is 1.48 bits per heavy atom. The van der Waals surface area contributed by atoms with Crippen LogP contribution in [0, 0.1) is 0 Å². The Morgan fingerprint density at radius 1 is 0.920 bits per heavy atom. The topological polar surface area (TPSA) is 104 Å². The van der Waals surface area contributed by atoms with E-state index in [1.165, 1.54) is 25.7 Å². The average Bonchev–Trinajstić information content (AvgIpc) is 2.56. The van der Waals surface area contributed by atoms with Crippen molar-refractivity contribution in [2.45, 2.75) is 69.1 Å². The van der Waals surface area contributed by atoms with Crippen LogP contribution in [0.15, 0.2) is 17.0 Å². The maximum absolute atomic E-state index is 10.4. The largest absolute Gasteiger partial charge is 0.504 e. The van der Waals surface area contributed by atoms with E-state index < -0.39 is 5.97 Å². The number of rotatable bonds is 14. The van der Waals surface area contributed by atoms with Crippen LogP contribution >= 0.6 is 11.8 Å². The first-order valence-electron chi connectivity index (χ1n) is 9.14.